The van der Waals surface area contributed by atoms with Crippen molar-refractivity contribution in [2.45, 2.75) is 25.7 Å². The van der Waals surface area contributed by atoms with Crippen LogP contribution in [0.15, 0.2) is 82.8 Å². The van der Waals surface area contributed by atoms with Crippen molar-refractivity contribution in [2.24, 2.45) is 5.10 Å². The molecule has 0 aliphatic heterocycles. The van der Waals surface area contributed by atoms with E-state index in [0.717, 1.165) is 9.87 Å². The van der Waals surface area contributed by atoms with Crippen LogP contribution in [0.1, 0.15) is 25.0 Å². The van der Waals surface area contributed by atoms with Gasteiger partial charge >= 0.3 is 0 Å². The lowest BCUT2D eigenvalue weighted by atomic mass is 10.1. The molecular formula is C25H26N4O6S. The van der Waals surface area contributed by atoms with Gasteiger partial charge in [-0.25, -0.2) is 13.8 Å². The number of ether oxygens (including phenoxy) is 1. The van der Waals surface area contributed by atoms with Crippen LogP contribution in [-0.4, -0.2) is 38.1 Å². The van der Waals surface area contributed by atoms with Crippen molar-refractivity contribution < 1.29 is 22.9 Å². The number of benzene rings is 3. The zero-order valence-electron chi connectivity index (χ0n) is 20.0. The molecule has 0 aliphatic rings. The van der Waals surface area contributed by atoms with Gasteiger partial charge in [0.1, 0.15) is 12.3 Å². The Morgan fingerprint density at radius 3 is 2.36 bits per heavy atom. The maximum atomic E-state index is 13.5. The Labute approximate surface area is 209 Å². The van der Waals surface area contributed by atoms with Crippen molar-refractivity contribution in [3.63, 3.8) is 0 Å². The third kappa shape index (κ3) is 6.45. The Bertz CT molecular complexity index is 1370. The van der Waals surface area contributed by atoms with Crippen molar-refractivity contribution in [3.8, 4) is 5.75 Å². The van der Waals surface area contributed by atoms with Crippen LogP contribution in [0.5, 0.6) is 5.75 Å². The Morgan fingerprint density at radius 1 is 1.08 bits per heavy atom. The van der Waals surface area contributed by atoms with E-state index in [1.807, 2.05) is 13.8 Å². The Kier molecular flexibility index (Phi) is 8.38. The van der Waals surface area contributed by atoms with Gasteiger partial charge in [-0.15, -0.1) is 0 Å². The molecule has 10 nitrogen and oxygen atoms in total. The number of hydrogen-bond donors (Lipinski definition) is 1. The first-order chi connectivity index (χ1) is 17.1. The van der Waals surface area contributed by atoms with Gasteiger partial charge in [0.2, 0.25) is 0 Å². The minimum Gasteiger partial charge on any atom is -0.494 e. The summed E-state index contributed by atoms with van der Waals surface area (Å²) >= 11 is 0. The molecule has 0 heterocycles. The maximum Gasteiger partial charge on any atom is 0.270 e. The number of amides is 1. The molecule has 3 aromatic rings. The molecule has 1 N–H and O–H groups in total. The zero-order valence-corrected chi connectivity index (χ0v) is 20.9. The minimum absolute atomic E-state index is 0.0334. The fourth-order valence-electron chi connectivity index (χ4n) is 3.25. The number of aryl methyl sites for hydroxylation is 1. The molecule has 3 aromatic carbocycles. The average molecular weight is 511 g/mol. The molecule has 0 radical (unpaired) electrons. The number of anilines is 1. The SMILES string of the molecule is CCOc1ccc(N(CC(=O)N/N=C(/C)c2cccc([N+](=O)[O-])c2)S(=O)(=O)c2ccc(C)cc2)cc1. The first-order valence-electron chi connectivity index (χ1n) is 11.0. The summed E-state index contributed by atoms with van der Waals surface area (Å²) in [7, 11) is -4.09. The molecule has 0 aromatic heterocycles. The van der Waals surface area contributed by atoms with Gasteiger partial charge < -0.3 is 4.74 Å². The van der Waals surface area contributed by atoms with Gasteiger partial charge in [0, 0.05) is 17.7 Å². The molecule has 0 fully saturated rings. The predicted molar refractivity (Wildman–Crippen MR) is 137 cm³/mol. The van der Waals surface area contributed by atoms with Gasteiger partial charge in [0.25, 0.3) is 21.6 Å². The van der Waals surface area contributed by atoms with E-state index in [0.29, 0.717) is 23.6 Å². The third-order valence-electron chi connectivity index (χ3n) is 5.15. The van der Waals surface area contributed by atoms with E-state index in [2.05, 4.69) is 10.5 Å². The molecule has 0 saturated heterocycles. The summed E-state index contributed by atoms with van der Waals surface area (Å²) < 4.78 is 33.3. The van der Waals surface area contributed by atoms with Crippen LogP contribution in [0.25, 0.3) is 0 Å². The van der Waals surface area contributed by atoms with Crippen LogP contribution in [-0.2, 0) is 14.8 Å². The smallest absolute Gasteiger partial charge is 0.270 e. The van der Waals surface area contributed by atoms with Crippen LogP contribution in [0.2, 0.25) is 0 Å². The molecule has 36 heavy (non-hydrogen) atoms. The van der Waals surface area contributed by atoms with Gasteiger partial charge in [0.05, 0.1) is 27.8 Å². The van der Waals surface area contributed by atoms with Gasteiger partial charge in [-0.3, -0.25) is 19.2 Å². The molecule has 1 amide bonds. The second-order valence-corrected chi connectivity index (χ2v) is 9.65. The lowest BCUT2D eigenvalue weighted by Crippen LogP contribution is -2.39. The van der Waals surface area contributed by atoms with E-state index >= 15 is 0 Å². The molecular weight excluding hydrogens is 484 g/mol. The molecule has 0 unspecified atom stereocenters. The molecule has 0 aliphatic carbocycles. The van der Waals surface area contributed by atoms with Crippen LogP contribution < -0.4 is 14.5 Å². The molecule has 0 saturated carbocycles. The first-order valence-corrected chi connectivity index (χ1v) is 12.5. The number of nitrogens with zero attached hydrogens (tertiary/aromatic N) is 3. The number of rotatable bonds is 10. The van der Waals surface area contributed by atoms with Crippen molar-refractivity contribution in [1.82, 2.24) is 5.43 Å². The van der Waals surface area contributed by atoms with Crippen LogP contribution in [0, 0.1) is 17.0 Å². The maximum absolute atomic E-state index is 13.5. The predicted octanol–water partition coefficient (Wildman–Crippen LogP) is 4.04. The second-order valence-electron chi connectivity index (χ2n) is 7.79. The van der Waals surface area contributed by atoms with Crippen molar-refractivity contribution >= 4 is 33.0 Å². The van der Waals surface area contributed by atoms with Gasteiger partial charge in [-0.05, 0) is 57.2 Å². The Morgan fingerprint density at radius 2 is 1.75 bits per heavy atom. The topological polar surface area (TPSA) is 131 Å². The zero-order chi connectivity index (χ0) is 26.3. The fraction of sp³-hybridized carbons (Fsp3) is 0.200. The summed E-state index contributed by atoms with van der Waals surface area (Å²) in [5.74, 6) is -0.125. The van der Waals surface area contributed by atoms with E-state index in [-0.39, 0.29) is 16.3 Å². The van der Waals surface area contributed by atoms with Gasteiger partial charge in [-0.2, -0.15) is 5.10 Å². The highest BCUT2D eigenvalue weighted by Gasteiger charge is 2.27. The van der Waals surface area contributed by atoms with E-state index in [9.17, 15) is 23.3 Å². The standard InChI is InChI=1S/C25H26N4O6S/c1-4-35-23-12-10-21(11-13-23)28(36(33,34)24-14-8-18(2)9-15-24)17-25(30)27-26-19(3)20-6-5-7-22(16-20)29(31)32/h5-16H,4,17H2,1-3H3,(H,27,30)/b26-19-. The van der Waals surface area contributed by atoms with E-state index in [1.54, 1.807) is 49.4 Å². The average Bonchev–Trinajstić information content (AvgIpc) is 2.87. The van der Waals surface area contributed by atoms with Gasteiger partial charge in [-0.1, -0.05) is 29.8 Å². The molecule has 3 rings (SSSR count). The lowest BCUT2D eigenvalue weighted by molar-refractivity contribution is -0.384. The fourth-order valence-corrected chi connectivity index (χ4v) is 4.67. The first kappa shape index (κ1) is 26.4. The minimum atomic E-state index is -4.09. The Hall–Kier alpha value is -4.25. The van der Waals surface area contributed by atoms with Crippen LogP contribution >= 0.6 is 0 Å². The summed E-state index contributed by atoms with van der Waals surface area (Å²) in [6.45, 7) is 5.16. The van der Waals surface area contributed by atoms with Gasteiger partial charge in [0.15, 0.2) is 0 Å². The van der Waals surface area contributed by atoms with E-state index < -0.39 is 27.4 Å². The number of sulfonamides is 1. The number of carbonyl (C=O) groups is 1. The largest absolute Gasteiger partial charge is 0.494 e. The number of hydrogen-bond acceptors (Lipinski definition) is 7. The molecule has 11 heteroatoms. The number of hydrazone groups is 1. The van der Waals surface area contributed by atoms with E-state index in [4.69, 9.17) is 4.74 Å². The number of carbonyl (C=O) groups excluding carboxylic acids is 1. The van der Waals surface area contributed by atoms with Crippen molar-refractivity contribution in [1.29, 1.82) is 0 Å². The molecule has 0 atom stereocenters. The normalized spacial score (nSPS) is 11.6. The van der Waals surface area contributed by atoms with Crippen molar-refractivity contribution in [2.75, 3.05) is 17.5 Å². The molecule has 188 valence electrons. The second kappa shape index (κ2) is 11.5. The summed E-state index contributed by atoms with van der Waals surface area (Å²) in [5.41, 5.74) is 4.16. The summed E-state index contributed by atoms with van der Waals surface area (Å²) in [6, 6.07) is 18.5. The Balaban J connectivity index is 1.87. The number of nitrogens with one attached hydrogen (secondary N) is 1. The highest BCUT2D eigenvalue weighted by atomic mass is 32.2. The highest BCUT2D eigenvalue weighted by molar-refractivity contribution is 7.92. The number of nitro benzene ring substituents is 1. The van der Waals surface area contributed by atoms with E-state index in [1.165, 1.54) is 30.3 Å². The summed E-state index contributed by atoms with van der Waals surface area (Å²) in [5, 5.41) is 15.0. The number of non-ortho nitro benzene ring substituents is 1. The molecule has 0 spiro atoms. The van der Waals surface area contributed by atoms with Crippen LogP contribution in [0.4, 0.5) is 11.4 Å². The van der Waals surface area contributed by atoms with Crippen LogP contribution in [0.3, 0.4) is 0 Å². The third-order valence-corrected chi connectivity index (χ3v) is 6.94. The quantitative estimate of drug-likeness (QED) is 0.249. The molecule has 0 bridgehead atoms. The highest BCUT2D eigenvalue weighted by Crippen LogP contribution is 2.26. The monoisotopic (exact) mass is 510 g/mol. The lowest BCUT2D eigenvalue weighted by Gasteiger charge is -2.24. The number of nitro groups is 1. The summed E-state index contributed by atoms with van der Waals surface area (Å²) in [6.07, 6.45) is 0. The van der Waals surface area contributed by atoms with Crippen molar-refractivity contribution in [3.05, 3.63) is 94.0 Å². The summed E-state index contributed by atoms with van der Waals surface area (Å²) in [4.78, 5) is 23.3.